The van der Waals surface area contributed by atoms with Gasteiger partial charge in [-0.1, -0.05) is 12.8 Å². The molecule has 98 valence electrons. The molecule has 0 bridgehead atoms. The molecule has 4 nitrogen and oxygen atoms in total. The van der Waals surface area contributed by atoms with Gasteiger partial charge in [0.1, 0.15) is 0 Å². The van der Waals surface area contributed by atoms with Crippen LogP contribution in [0.15, 0.2) is 17.0 Å². The number of benzene rings is 1. The van der Waals surface area contributed by atoms with Crippen LogP contribution in [0.25, 0.3) is 0 Å². The molecule has 0 radical (unpaired) electrons. The second kappa shape index (κ2) is 5.42. The van der Waals surface area contributed by atoms with E-state index in [1.807, 2.05) is 6.92 Å². The van der Waals surface area contributed by atoms with Crippen molar-refractivity contribution < 1.29 is 8.42 Å². The number of nitrogen functional groups attached to an aromatic ring is 1. The quantitative estimate of drug-likeness (QED) is 0.642. The van der Waals surface area contributed by atoms with E-state index in [2.05, 4.69) is 10.6 Å². The van der Waals surface area contributed by atoms with E-state index in [1.165, 1.54) is 0 Å². The van der Waals surface area contributed by atoms with E-state index < -0.39 is 16.1 Å². The monoisotopic (exact) mass is 266 g/mol. The molecule has 5 heteroatoms. The molecule has 1 unspecified atom stereocenters. The van der Waals surface area contributed by atoms with Crippen LogP contribution in [0.1, 0.15) is 24.5 Å². The Labute approximate surface area is 109 Å². The first-order chi connectivity index (χ1) is 8.31. The largest absolute Gasteiger partial charge is 0.398 e. The van der Waals surface area contributed by atoms with Crippen molar-refractivity contribution >= 4 is 15.7 Å². The fraction of sp³-hybridized carbons (Fsp3) is 0.385. The Morgan fingerprint density at radius 2 is 2.06 bits per heavy atom. The molecule has 0 aliphatic rings. The fourth-order valence-corrected chi connectivity index (χ4v) is 3.22. The Morgan fingerprint density at radius 1 is 1.44 bits per heavy atom. The van der Waals surface area contributed by atoms with Gasteiger partial charge in [-0.25, -0.2) is 8.42 Å². The number of sulfonamides is 1. The summed E-state index contributed by atoms with van der Waals surface area (Å²) in [6, 6.07) is 2.83. The van der Waals surface area contributed by atoms with Gasteiger partial charge in [-0.3, -0.25) is 0 Å². The minimum Gasteiger partial charge on any atom is -0.398 e. The predicted octanol–water partition coefficient (Wildman–Crippen LogP) is 1.58. The van der Waals surface area contributed by atoms with E-state index in [0.717, 1.165) is 5.56 Å². The number of nitrogens with one attached hydrogen (secondary N) is 1. The Balaban J connectivity index is 3.26. The lowest BCUT2D eigenvalue weighted by atomic mass is 10.1. The summed E-state index contributed by atoms with van der Waals surface area (Å²) < 4.78 is 26.9. The highest BCUT2D eigenvalue weighted by Crippen LogP contribution is 2.23. The van der Waals surface area contributed by atoms with Gasteiger partial charge in [0.05, 0.1) is 10.9 Å². The average Bonchev–Trinajstić information content (AvgIpc) is 2.30. The second-order valence-electron chi connectivity index (χ2n) is 4.23. The highest BCUT2D eigenvalue weighted by atomic mass is 32.2. The Kier molecular flexibility index (Phi) is 4.38. The maximum Gasteiger partial charge on any atom is 0.242 e. The third-order valence-corrected chi connectivity index (χ3v) is 4.34. The predicted molar refractivity (Wildman–Crippen MR) is 73.6 cm³/mol. The number of terminal acetylenes is 1. The lowest BCUT2D eigenvalue weighted by molar-refractivity contribution is 0.570. The normalized spacial score (nSPS) is 13.0. The van der Waals surface area contributed by atoms with Crippen molar-refractivity contribution in [1.82, 2.24) is 4.72 Å². The summed E-state index contributed by atoms with van der Waals surface area (Å²) in [5, 5.41) is 0. The highest BCUT2D eigenvalue weighted by molar-refractivity contribution is 7.89. The van der Waals surface area contributed by atoms with Gasteiger partial charge in [0.25, 0.3) is 0 Å². The zero-order chi connectivity index (χ0) is 13.9. The van der Waals surface area contributed by atoms with Crippen LogP contribution in [-0.4, -0.2) is 14.5 Å². The van der Waals surface area contributed by atoms with Crippen molar-refractivity contribution in [1.29, 1.82) is 0 Å². The van der Waals surface area contributed by atoms with Crippen molar-refractivity contribution in [2.75, 3.05) is 5.73 Å². The summed E-state index contributed by atoms with van der Waals surface area (Å²) in [6.07, 6.45) is 5.80. The first kappa shape index (κ1) is 14.6. The molecule has 3 N–H and O–H groups in total. The first-order valence-corrected chi connectivity index (χ1v) is 7.15. The van der Waals surface area contributed by atoms with Gasteiger partial charge in [-0.05, 0) is 43.5 Å². The van der Waals surface area contributed by atoms with Gasteiger partial charge in [-0.2, -0.15) is 4.72 Å². The van der Waals surface area contributed by atoms with Crippen LogP contribution in [-0.2, 0) is 10.0 Å². The lowest BCUT2D eigenvalue weighted by Gasteiger charge is -2.15. The third kappa shape index (κ3) is 3.03. The Bertz CT molecular complexity index is 586. The van der Waals surface area contributed by atoms with Crippen LogP contribution in [0, 0.1) is 26.2 Å². The molecular formula is C13H18N2O2S. The number of nitrogens with two attached hydrogens (primary N) is 1. The molecule has 0 saturated carbocycles. The molecule has 18 heavy (non-hydrogen) atoms. The van der Waals surface area contributed by atoms with E-state index in [-0.39, 0.29) is 4.90 Å². The van der Waals surface area contributed by atoms with Crippen molar-refractivity contribution in [2.24, 2.45) is 0 Å². The van der Waals surface area contributed by atoms with Crippen LogP contribution in [0.2, 0.25) is 0 Å². The molecule has 1 rings (SSSR count). The van der Waals surface area contributed by atoms with E-state index >= 15 is 0 Å². The molecular weight excluding hydrogens is 248 g/mol. The topological polar surface area (TPSA) is 72.2 Å². The van der Waals surface area contributed by atoms with Gasteiger partial charge in [-0.15, -0.1) is 6.42 Å². The maximum absolute atomic E-state index is 12.2. The zero-order valence-electron chi connectivity index (χ0n) is 10.8. The van der Waals surface area contributed by atoms with Crippen molar-refractivity contribution in [2.45, 2.75) is 38.1 Å². The molecule has 0 spiro atoms. The summed E-state index contributed by atoms with van der Waals surface area (Å²) >= 11 is 0. The highest BCUT2D eigenvalue weighted by Gasteiger charge is 2.21. The summed E-state index contributed by atoms with van der Waals surface area (Å²) in [4.78, 5) is 0.189. The number of hydrogen-bond donors (Lipinski definition) is 2. The third-order valence-electron chi connectivity index (χ3n) is 2.74. The van der Waals surface area contributed by atoms with E-state index in [9.17, 15) is 8.42 Å². The van der Waals surface area contributed by atoms with E-state index in [1.54, 1.807) is 26.0 Å². The average molecular weight is 266 g/mol. The fourth-order valence-electron chi connectivity index (χ4n) is 1.62. The molecule has 0 aliphatic heterocycles. The molecule has 0 saturated heterocycles. The summed E-state index contributed by atoms with van der Waals surface area (Å²) in [5.41, 5.74) is 7.58. The molecule has 0 amide bonds. The zero-order valence-corrected chi connectivity index (χ0v) is 11.6. The number of anilines is 1. The maximum atomic E-state index is 12.2. The second-order valence-corrected chi connectivity index (χ2v) is 5.91. The minimum absolute atomic E-state index is 0.189. The van der Waals surface area contributed by atoms with E-state index in [0.29, 0.717) is 17.7 Å². The van der Waals surface area contributed by atoms with Crippen LogP contribution >= 0.6 is 0 Å². The molecule has 0 fully saturated rings. The molecule has 0 heterocycles. The van der Waals surface area contributed by atoms with Gasteiger partial charge in [0.2, 0.25) is 10.0 Å². The number of aryl methyl sites for hydroxylation is 1. The van der Waals surface area contributed by atoms with Gasteiger partial charge < -0.3 is 5.73 Å². The molecule has 1 aromatic carbocycles. The summed E-state index contributed by atoms with van der Waals surface area (Å²) in [7, 11) is -3.63. The van der Waals surface area contributed by atoms with Crippen molar-refractivity contribution in [3.8, 4) is 12.3 Å². The number of hydrogen-bond acceptors (Lipinski definition) is 3. The SMILES string of the molecule is C#CC(CC)NS(=O)(=O)c1cc(C)cc(N)c1C. The summed E-state index contributed by atoms with van der Waals surface area (Å²) in [5.74, 6) is 2.40. The lowest BCUT2D eigenvalue weighted by Crippen LogP contribution is -2.33. The molecule has 0 aromatic heterocycles. The van der Waals surface area contributed by atoms with Crippen LogP contribution in [0.3, 0.4) is 0 Å². The molecule has 0 aliphatic carbocycles. The minimum atomic E-state index is -3.63. The Morgan fingerprint density at radius 3 is 2.56 bits per heavy atom. The summed E-state index contributed by atoms with van der Waals surface area (Å²) in [6.45, 7) is 5.30. The van der Waals surface area contributed by atoms with Crippen LogP contribution < -0.4 is 10.5 Å². The van der Waals surface area contributed by atoms with E-state index in [4.69, 9.17) is 12.2 Å². The molecule has 1 aromatic rings. The number of rotatable bonds is 4. The first-order valence-electron chi connectivity index (χ1n) is 5.67. The van der Waals surface area contributed by atoms with Crippen LogP contribution in [0.4, 0.5) is 5.69 Å². The van der Waals surface area contributed by atoms with Gasteiger partial charge >= 0.3 is 0 Å². The van der Waals surface area contributed by atoms with Gasteiger partial charge in [0.15, 0.2) is 0 Å². The van der Waals surface area contributed by atoms with Crippen LogP contribution in [0.5, 0.6) is 0 Å². The van der Waals surface area contributed by atoms with Crippen molar-refractivity contribution in [3.63, 3.8) is 0 Å². The van der Waals surface area contributed by atoms with Crippen molar-refractivity contribution in [3.05, 3.63) is 23.3 Å². The Hall–Kier alpha value is -1.51. The molecule has 1 atom stereocenters. The van der Waals surface area contributed by atoms with Gasteiger partial charge in [0, 0.05) is 5.69 Å². The standard InChI is InChI=1S/C13H18N2O2S/c1-5-11(6-2)15-18(16,17)13-8-9(3)7-12(14)10(13)4/h1,7-8,11,15H,6,14H2,2-4H3. The smallest absolute Gasteiger partial charge is 0.242 e.